The van der Waals surface area contributed by atoms with Gasteiger partial charge in [-0.2, -0.15) is 0 Å². The summed E-state index contributed by atoms with van der Waals surface area (Å²) in [4.78, 5) is 9.83. The van der Waals surface area contributed by atoms with Gasteiger partial charge in [0.05, 0.1) is 5.83 Å². The number of carbonyl (C=O) groups is 1. The molecule has 1 N–H and O–H groups in total. The minimum Gasteiger partial charge on any atom is -0.481 e. The fraction of sp³-hybridized carbons (Fsp3) is 0.500. The molecule has 0 aliphatic carbocycles. The lowest BCUT2D eigenvalue weighted by Gasteiger charge is -1.90. The SMILES string of the molecule is C=C(F)CCCC(=O)O. The first-order valence-electron chi connectivity index (χ1n) is 2.68. The van der Waals surface area contributed by atoms with Crippen LogP contribution >= 0.6 is 0 Å². The van der Waals surface area contributed by atoms with Crippen LogP contribution in [-0.4, -0.2) is 11.1 Å². The summed E-state index contributed by atoms with van der Waals surface area (Å²) < 4.78 is 11.8. The zero-order valence-corrected chi connectivity index (χ0v) is 5.06. The van der Waals surface area contributed by atoms with Crippen molar-refractivity contribution in [3.05, 3.63) is 12.4 Å². The number of hydrogen-bond acceptors (Lipinski definition) is 1. The molecule has 0 saturated carbocycles. The lowest BCUT2D eigenvalue weighted by molar-refractivity contribution is -0.137. The molecule has 3 heteroatoms. The Morgan fingerprint density at radius 1 is 1.56 bits per heavy atom. The van der Waals surface area contributed by atoms with Crippen molar-refractivity contribution in [1.29, 1.82) is 0 Å². The molecule has 0 aromatic carbocycles. The molecule has 0 heterocycles. The third-order valence-electron chi connectivity index (χ3n) is 0.839. The molecule has 0 radical (unpaired) electrons. The van der Waals surface area contributed by atoms with E-state index in [0.717, 1.165) is 0 Å². The normalized spacial score (nSPS) is 9.00. The highest BCUT2D eigenvalue weighted by molar-refractivity contribution is 5.66. The van der Waals surface area contributed by atoms with E-state index >= 15 is 0 Å². The van der Waals surface area contributed by atoms with Gasteiger partial charge in [-0.15, -0.1) is 0 Å². The average molecular weight is 132 g/mol. The Bertz CT molecular complexity index is 106. The molecule has 0 unspecified atom stereocenters. The summed E-state index contributed by atoms with van der Waals surface area (Å²) in [5.74, 6) is -1.34. The molecular formula is C6H9FO2. The predicted octanol–water partition coefficient (Wildman–Crippen LogP) is 1.72. The van der Waals surface area contributed by atoms with Crippen molar-refractivity contribution in [2.45, 2.75) is 19.3 Å². The Kier molecular flexibility index (Phi) is 3.67. The minimum atomic E-state index is -0.892. The van der Waals surface area contributed by atoms with Crippen molar-refractivity contribution in [2.24, 2.45) is 0 Å². The summed E-state index contributed by atoms with van der Waals surface area (Å²) in [6.07, 6.45) is 0.514. The number of rotatable bonds is 4. The lowest BCUT2D eigenvalue weighted by atomic mass is 10.2. The van der Waals surface area contributed by atoms with Gasteiger partial charge in [0.25, 0.3) is 0 Å². The van der Waals surface area contributed by atoms with Gasteiger partial charge >= 0.3 is 5.97 Å². The molecule has 0 aliphatic heterocycles. The molecule has 0 fully saturated rings. The molecule has 0 amide bonds. The zero-order chi connectivity index (χ0) is 7.28. The standard InChI is InChI=1S/C6H9FO2/c1-5(7)3-2-4-6(8)9/h1-4H2,(H,8,9). The number of hydrogen-bond donors (Lipinski definition) is 1. The van der Waals surface area contributed by atoms with Gasteiger partial charge in [0.15, 0.2) is 0 Å². The van der Waals surface area contributed by atoms with E-state index in [1.807, 2.05) is 0 Å². The topological polar surface area (TPSA) is 37.3 Å². The highest BCUT2D eigenvalue weighted by Crippen LogP contribution is 2.04. The van der Waals surface area contributed by atoms with Crippen molar-refractivity contribution in [3.8, 4) is 0 Å². The second kappa shape index (κ2) is 4.06. The lowest BCUT2D eigenvalue weighted by Crippen LogP contribution is -1.93. The maximum Gasteiger partial charge on any atom is 0.303 e. The van der Waals surface area contributed by atoms with Gasteiger partial charge in [0.1, 0.15) is 0 Å². The second-order valence-electron chi connectivity index (χ2n) is 1.76. The number of carboxylic acids is 1. The van der Waals surface area contributed by atoms with E-state index in [1.54, 1.807) is 0 Å². The number of aliphatic carboxylic acids is 1. The fourth-order valence-electron chi connectivity index (χ4n) is 0.431. The molecular weight excluding hydrogens is 123 g/mol. The Morgan fingerprint density at radius 2 is 2.11 bits per heavy atom. The van der Waals surface area contributed by atoms with Gasteiger partial charge in [-0.3, -0.25) is 4.79 Å². The van der Waals surface area contributed by atoms with E-state index in [-0.39, 0.29) is 12.8 Å². The van der Waals surface area contributed by atoms with E-state index in [9.17, 15) is 9.18 Å². The molecule has 2 nitrogen and oxygen atoms in total. The molecule has 0 atom stereocenters. The van der Waals surface area contributed by atoms with Crippen LogP contribution in [0.3, 0.4) is 0 Å². The Labute approximate surface area is 53.0 Å². The first-order chi connectivity index (χ1) is 4.13. The van der Waals surface area contributed by atoms with Gasteiger partial charge in [-0.1, -0.05) is 6.58 Å². The Balaban J connectivity index is 3.10. The van der Waals surface area contributed by atoms with Gasteiger partial charge < -0.3 is 5.11 Å². The number of allylic oxidation sites excluding steroid dienone is 1. The zero-order valence-electron chi connectivity index (χ0n) is 5.06. The van der Waals surface area contributed by atoms with Gasteiger partial charge in [-0.25, -0.2) is 4.39 Å². The van der Waals surface area contributed by atoms with Crippen LogP contribution in [0.15, 0.2) is 12.4 Å². The fourth-order valence-corrected chi connectivity index (χ4v) is 0.431. The molecule has 52 valence electrons. The molecule has 0 aromatic heterocycles. The van der Waals surface area contributed by atoms with Crippen molar-refractivity contribution < 1.29 is 14.3 Å². The van der Waals surface area contributed by atoms with Crippen LogP contribution in [0.1, 0.15) is 19.3 Å². The summed E-state index contributed by atoms with van der Waals surface area (Å²) in [6.45, 7) is 2.99. The van der Waals surface area contributed by atoms with Gasteiger partial charge in [0, 0.05) is 6.42 Å². The smallest absolute Gasteiger partial charge is 0.303 e. The second-order valence-corrected chi connectivity index (χ2v) is 1.76. The first-order valence-corrected chi connectivity index (χ1v) is 2.68. The third kappa shape index (κ3) is 7.14. The summed E-state index contributed by atoms with van der Waals surface area (Å²) in [6, 6.07) is 0. The average Bonchev–Trinajstić information content (AvgIpc) is 1.63. The number of halogens is 1. The maximum absolute atomic E-state index is 11.8. The molecule has 0 spiro atoms. The van der Waals surface area contributed by atoms with Crippen LogP contribution in [0, 0.1) is 0 Å². The Hall–Kier alpha value is -0.860. The largest absolute Gasteiger partial charge is 0.481 e. The monoisotopic (exact) mass is 132 g/mol. The summed E-state index contributed by atoms with van der Waals surface area (Å²) in [7, 11) is 0. The van der Waals surface area contributed by atoms with E-state index in [0.29, 0.717) is 6.42 Å². The van der Waals surface area contributed by atoms with Crippen molar-refractivity contribution in [3.63, 3.8) is 0 Å². The molecule has 9 heavy (non-hydrogen) atoms. The van der Waals surface area contributed by atoms with Gasteiger partial charge in [0.2, 0.25) is 0 Å². The molecule has 0 aliphatic rings. The van der Waals surface area contributed by atoms with Crippen molar-refractivity contribution >= 4 is 5.97 Å². The molecule has 0 rings (SSSR count). The highest BCUT2D eigenvalue weighted by atomic mass is 19.1. The third-order valence-corrected chi connectivity index (χ3v) is 0.839. The van der Waals surface area contributed by atoms with Crippen LogP contribution < -0.4 is 0 Å². The maximum atomic E-state index is 11.8. The van der Waals surface area contributed by atoms with Crippen LogP contribution in [0.4, 0.5) is 4.39 Å². The summed E-state index contributed by atoms with van der Waals surface area (Å²) >= 11 is 0. The van der Waals surface area contributed by atoms with E-state index < -0.39 is 11.8 Å². The van der Waals surface area contributed by atoms with Crippen LogP contribution in [0.5, 0.6) is 0 Å². The molecule has 0 saturated heterocycles. The first kappa shape index (κ1) is 8.14. The van der Waals surface area contributed by atoms with E-state index in [1.165, 1.54) is 0 Å². The Morgan fingerprint density at radius 3 is 2.44 bits per heavy atom. The van der Waals surface area contributed by atoms with Crippen LogP contribution in [0.2, 0.25) is 0 Å². The van der Waals surface area contributed by atoms with E-state index in [2.05, 4.69) is 6.58 Å². The highest BCUT2D eigenvalue weighted by Gasteiger charge is 1.96. The predicted molar refractivity (Wildman–Crippen MR) is 31.7 cm³/mol. The van der Waals surface area contributed by atoms with Crippen molar-refractivity contribution in [1.82, 2.24) is 0 Å². The summed E-state index contributed by atoms with van der Waals surface area (Å²) in [5.41, 5.74) is 0. The van der Waals surface area contributed by atoms with Crippen LogP contribution in [0.25, 0.3) is 0 Å². The van der Waals surface area contributed by atoms with Crippen molar-refractivity contribution in [2.75, 3.05) is 0 Å². The number of carboxylic acid groups (broad SMARTS) is 1. The van der Waals surface area contributed by atoms with Crippen LogP contribution in [-0.2, 0) is 4.79 Å². The molecule has 0 aromatic rings. The minimum absolute atomic E-state index is 0.0168. The van der Waals surface area contributed by atoms with E-state index in [4.69, 9.17) is 5.11 Å². The quantitative estimate of drug-likeness (QED) is 0.632. The summed E-state index contributed by atoms with van der Waals surface area (Å²) in [5, 5.41) is 8.07. The molecule has 0 bridgehead atoms. The van der Waals surface area contributed by atoms with Gasteiger partial charge in [-0.05, 0) is 12.8 Å².